The molecular weight excluding hydrogens is 316 g/mol. The summed E-state index contributed by atoms with van der Waals surface area (Å²) in [4.78, 5) is 17.2. The van der Waals surface area contributed by atoms with E-state index >= 15 is 0 Å². The first-order valence-corrected chi connectivity index (χ1v) is 8.58. The Kier molecular flexibility index (Phi) is 4.41. The second-order valence-electron chi connectivity index (χ2n) is 5.77. The van der Waals surface area contributed by atoms with E-state index in [9.17, 15) is 4.79 Å². The van der Waals surface area contributed by atoms with Crippen LogP contribution in [0.2, 0.25) is 0 Å². The second kappa shape index (κ2) is 6.27. The lowest BCUT2D eigenvalue weighted by molar-refractivity contribution is 0.0743. The number of hydrogen-bond acceptors (Lipinski definition) is 2. The number of carbonyl (C=O) groups excluding carboxylic acids is 1. The van der Waals surface area contributed by atoms with Crippen LogP contribution in [0.4, 0.5) is 0 Å². The molecule has 4 heteroatoms. The molecule has 1 unspecified atom stereocenters. The lowest BCUT2D eigenvalue weighted by Gasteiger charge is -2.25. The number of benzene rings is 1. The highest BCUT2D eigenvalue weighted by atomic mass is 79.9. The van der Waals surface area contributed by atoms with E-state index in [0.717, 1.165) is 36.9 Å². The summed E-state index contributed by atoms with van der Waals surface area (Å²) in [6, 6.07) is 8.55. The largest absolute Gasteiger partial charge is 0.337 e. The standard InChI is InChI=1S/C16H21BrN2O/c17-11-13-4-6-14(7-5-13)16(20)19-10-2-9-18-8-1-3-15(18)12-19/h4-7,15H,1-3,8-12H2. The zero-order valence-electron chi connectivity index (χ0n) is 11.7. The quantitative estimate of drug-likeness (QED) is 0.775. The fourth-order valence-corrected chi connectivity index (χ4v) is 3.68. The molecule has 3 rings (SSSR count). The number of amides is 1. The van der Waals surface area contributed by atoms with Gasteiger partial charge in [0.1, 0.15) is 0 Å². The fourth-order valence-electron chi connectivity index (χ4n) is 3.31. The highest BCUT2D eigenvalue weighted by molar-refractivity contribution is 9.08. The maximum absolute atomic E-state index is 12.6. The van der Waals surface area contributed by atoms with Crippen LogP contribution in [-0.2, 0) is 5.33 Å². The predicted octanol–water partition coefficient (Wildman–Crippen LogP) is 2.89. The van der Waals surface area contributed by atoms with Crippen LogP contribution in [0.15, 0.2) is 24.3 Å². The van der Waals surface area contributed by atoms with Crippen molar-refractivity contribution in [3.8, 4) is 0 Å². The molecule has 0 aliphatic carbocycles. The van der Waals surface area contributed by atoms with Gasteiger partial charge in [0, 0.05) is 36.6 Å². The van der Waals surface area contributed by atoms with Crippen molar-refractivity contribution >= 4 is 21.8 Å². The predicted molar refractivity (Wildman–Crippen MR) is 84.2 cm³/mol. The van der Waals surface area contributed by atoms with Crippen molar-refractivity contribution in [2.75, 3.05) is 26.2 Å². The molecule has 2 heterocycles. The van der Waals surface area contributed by atoms with Crippen molar-refractivity contribution in [3.63, 3.8) is 0 Å². The summed E-state index contributed by atoms with van der Waals surface area (Å²) in [5.74, 6) is 0.194. The molecular formula is C16H21BrN2O. The third kappa shape index (κ3) is 2.91. The van der Waals surface area contributed by atoms with Gasteiger partial charge in [-0.3, -0.25) is 9.69 Å². The minimum Gasteiger partial charge on any atom is -0.337 e. The van der Waals surface area contributed by atoms with Gasteiger partial charge in [0.15, 0.2) is 0 Å². The first-order valence-electron chi connectivity index (χ1n) is 7.46. The number of alkyl halides is 1. The SMILES string of the molecule is O=C(c1ccc(CBr)cc1)N1CCCN2CCCC2C1. The third-order valence-electron chi connectivity index (χ3n) is 4.45. The van der Waals surface area contributed by atoms with Gasteiger partial charge in [-0.1, -0.05) is 28.1 Å². The summed E-state index contributed by atoms with van der Waals surface area (Å²) in [7, 11) is 0. The van der Waals surface area contributed by atoms with Gasteiger partial charge in [0.05, 0.1) is 0 Å². The molecule has 108 valence electrons. The van der Waals surface area contributed by atoms with E-state index in [2.05, 4.69) is 25.7 Å². The zero-order valence-corrected chi connectivity index (χ0v) is 13.3. The van der Waals surface area contributed by atoms with E-state index in [4.69, 9.17) is 0 Å². The Hall–Kier alpha value is -0.870. The van der Waals surface area contributed by atoms with Crippen LogP contribution in [0.25, 0.3) is 0 Å². The maximum atomic E-state index is 12.6. The van der Waals surface area contributed by atoms with Crippen molar-refractivity contribution in [3.05, 3.63) is 35.4 Å². The number of nitrogens with zero attached hydrogens (tertiary/aromatic N) is 2. The van der Waals surface area contributed by atoms with E-state index in [1.165, 1.54) is 24.9 Å². The first kappa shape index (κ1) is 14.1. The molecule has 0 N–H and O–H groups in total. The molecule has 1 aromatic rings. The molecule has 0 radical (unpaired) electrons. The molecule has 1 atom stereocenters. The van der Waals surface area contributed by atoms with Gasteiger partial charge >= 0.3 is 0 Å². The molecule has 2 fully saturated rings. The van der Waals surface area contributed by atoms with Gasteiger partial charge in [0.25, 0.3) is 5.91 Å². The fraction of sp³-hybridized carbons (Fsp3) is 0.562. The Bertz CT molecular complexity index is 474. The van der Waals surface area contributed by atoms with Crippen LogP contribution in [-0.4, -0.2) is 47.9 Å². The summed E-state index contributed by atoms with van der Waals surface area (Å²) in [5, 5.41) is 0.836. The summed E-state index contributed by atoms with van der Waals surface area (Å²) < 4.78 is 0. The molecule has 2 saturated heterocycles. The number of carbonyl (C=O) groups is 1. The third-order valence-corrected chi connectivity index (χ3v) is 5.09. The molecule has 1 amide bonds. The lowest BCUT2D eigenvalue weighted by atomic mass is 10.1. The smallest absolute Gasteiger partial charge is 0.253 e. The van der Waals surface area contributed by atoms with E-state index in [1.807, 2.05) is 24.3 Å². The van der Waals surface area contributed by atoms with Crippen molar-refractivity contribution in [2.45, 2.75) is 30.6 Å². The van der Waals surface area contributed by atoms with Crippen molar-refractivity contribution in [2.24, 2.45) is 0 Å². The summed E-state index contributed by atoms with van der Waals surface area (Å²) in [6.07, 6.45) is 3.63. The van der Waals surface area contributed by atoms with Gasteiger partial charge in [-0.15, -0.1) is 0 Å². The van der Waals surface area contributed by atoms with Gasteiger partial charge in [0.2, 0.25) is 0 Å². The van der Waals surface area contributed by atoms with Crippen LogP contribution in [0.1, 0.15) is 35.2 Å². The van der Waals surface area contributed by atoms with Crippen LogP contribution in [0.3, 0.4) is 0 Å². The van der Waals surface area contributed by atoms with E-state index in [-0.39, 0.29) is 5.91 Å². The molecule has 0 spiro atoms. The van der Waals surface area contributed by atoms with Gasteiger partial charge in [-0.05, 0) is 43.5 Å². The highest BCUT2D eigenvalue weighted by Gasteiger charge is 2.30. The van der Waals surface area contributed by atoms with Crippen LogP contribution >= 0.6 is 15.9 Å². The summed E-state index contributed by atoms with van der Waals surface area (Å²) in [6.45, 7) is 4.16. The monoisotopic (exact) mass is 336 g/mol. The van der Waals surface area contributed by atoms with Crippen LogP contribution in [0, 0.1) is 0 Å². The Morgan fingerprint density at radius 1 is 1.15 bits per heavy atom. The Labute approximate surface area is 129 Å². The molecule has 0 saturated carbocycles. The van der Waals surface area contributed by atoms with Gasteiger partial charge < -0.3 is 4.90 Å². The Morgan fingerprint density at radius 3 is 2.65 bits per heavy atom. The lowest BCUT2D eigenvalue weighted by Crippen LogP contribution is -2.39. The number of fused-ring (bicyclic) bond motifs is 1. The second-order valence-corrected chi connectivity index (χ2v) is 6.33. The van der Waals surface area contributed by atoms with Crippen LogP contribution < -0.4 is 0 Å². The molecule has 2 aliphatic heterocycles. The van der Waals surface area contributed by atoms with Crippen molar-refractivity contribution in [1.82, 2.24) is 9.80 Å². The van der Waals surface area contributed by atoms with Crippen molar-refractivity contribution in [1.29, 1.82) is 0 Å². The van der Waals surface area contributed by atoms with E-state index < -0.39 is 0 Å². The molecule has 0 aromatic heterocycles. The first-order chi connectivity index (χ1) is 9.78. The maximum Gasteiger partial charge on any atom is 0.253 e. The van der Waals surface area contributed by atoms with Crippen molar-refractivity contribution < 1.29 is 4.79 Å². The minimum absolute atomic E-state index is 0.194. The molecule has 0 bridgehead atoms. The zero-order chi connectivity index (χ0) is 13.9. The molecule has 20 heavy (non-hydrogen) atoms. The summed E-state index contributed by atoms with van der Waals surface area (Å²) in [5.41, 5.74) is 2.03. The number of rotatable bonds is 2. The average Bonchev–Trinajstić information content (AvgIpc) is 2.83. The molecule has 3 nitrogen and oxygen atoms in total. The number of hydrogen-bond donors (Lipinski definition) is 0. The molecule has 1 aromatic carbocycles. The normalized spacial score (nSPS) is 23.4. The van der Waals surface area contributed by atoms with E-state index in [1.54, 1.807) is 0 Å². The topological polar surface area (TPSA) is 23.6 Å². The molecule has 2 aliphatic rings. The highest BCUT2D eigenvalue weighted by Crippen LogP contribution is 2.22. The Balaban J connectivity index is 1.71. The summed E-state index contributed by atoms with van der Waals surface area (Å²) >= 11 is 3.44. The van der Waals surface area contributed by atoms with Crippen LogP contribution in [0.5, 0.6) is 0 Å². The number of halogens is 1. The minimum atomic E-state index is 0.194. The average molecular weight is 337 g/mol. The Morgan fingerprint density at radius 2 is 1.90 bits per heavy atom. The van der Waals surface area contributed by atoms with Gasteiger partial charge in [-0.2, -0.15) is 0 Å². The van der Waals surface area contributed by atoms with Gasteiger partial charge in [-0.25, -0.2) is 0 Å². The van der Waals surface area contributed by atoms with E-state index in [0.29, 0.717) is 6.04 Å².